The lowest BCUT2D eigenvalue weighted by molar-refractivity contribution is 0.122. The largest absolute Gasteiger partial charge is 0.305 e. The third kappa shape index (κ3) is 4.88. The minimum absolute atomic E-state index is 0.677. The third-order valence-electron chi connectivity index (χ3n) is 2.64. The van der Waals surface area contributed by atoms with E-state index in [0.29, 0.717) is 6.61 Å². The smallest absolute Gasteiger partial charge is 0.0679 e. The Morgan fingerprint density at radius 3 is 2.36 bits per heavy atom. The molecule has 84 valence electrons. The zero-order chi connectivity index (χ0) is 10.2. The van der Waals surface area contributed by atoms with Crippen LogP contribution >= 0.6 is 0 Å². The molecule has 4 N–H and O–H groups in total. The molecule has 5 heteroatoms. The molecule has 0 aromatic rings. The van der Waals surface area contributed by atoms with E-state index >= 15 is 0 Å². The molecule has 0 spiro atoms. The van der Waals surface area contributed by atoms with E-state index in [-0.39, 0.29) is 0 Å². The molecule has 0 saturated carbocycles. The summed E-state index contributed by atoms with van der Waals surface area (Å²) in [4.78, 5) is 6.98. The molecule has 1 rings (SSSR count). The highest BCUT2D eigenvalue weighted by Gasteiger charge is 2.12. The Balaban J connectivity index is 1.91. The van der Waals surface area contributed by atoms with Gasteiger partial charge in [0.15, 0.2) is 0 Å². The molecular weight excluding hydrogens is 180 g/mol. The van der Waals surface area contributed by atoms with Gasteiger partial charge in [0, 0.05) is 26.2 Å². The van der Waals surface area contributed by atoms with Crippen molar-refractivity contribution in [3.05, 3.63) is 0 Å². The molecule has 14 heavy (non-hydrogen) atoms. The first-order valence-corrected chi connectivity index (χ1v) is 5.36. The predicted molar refractivity (Wildman–Crippen MR) is 56.2 cm³/mol. The molecule has 0 unspecified atom stereocenters. The summed E-state index contributed by atoms with van der Waals surface area (Å²) in [7, 11) is 0. The number of hydrogen-bond acceptors (Lipinski definition) is 5. The SMILES string of the molecule is NOCCCCCN1CCN(N)CC1. The minimum atomic E-state index is 0.677. The highest BCUT2D eigenvalue weighted by Crippen LogP contribution is 2.02. The topological polar surface area (TPSA) is 67.8 Å². The van der Waals surface area contributed by atoms with E-state index in [2.05, 4.69) is 9.74 Å². The summed E-state index contributed by atoms with van der Waals surface area (Å²) in [5.74, 6) is 10.6. The van der Waals surface area contributed by atoms with Crippen molar-refractivity contribution >= 4 is 0 Å². The number of nitrogens with two attached hydrogens (primary N) is 2. The summed E-state index contributed by atoms with van der Waals surface area (Å²) in [6.45, 7) is 6.04. The van der Waals surface area contributed by atoms with Gasteiger partial charge in [0.2, 0.25) is 0 Å². The van der Waals surface area contributed by atoms with Gasteiger partial charge in [-0.15, -0.1) is 0 Å². The van der Waals surface area contributed by atoms with Crippen molar-refractivity contribution in [3.8, 4) is 0 Å². The van der Waals surface area contributed by atoms with Gasteiger partial charge < -0.3 is 9.74 Å². The van der Waals surface area contributed by atoms with Crippen molar-refractivity contribution in [2.45, 2.75) is 19.3 Å². The Morgan fingerprint density at radius 2 is 1.71 bits per heavy atom. The molecule has 1 saturated heterocycles. The second-order valence-corrected chi connectivity index (χ2v) is 3.81. The maximum absolute atomic E-state index is 5.67. The zero-order valence-electron chi connectivity index (χ0n) is 8.82. The van der Waals surface area contributed by atoms with Gasteiger partial charge in [0.05, 0.1) is 6.61 Å². The third-order valence-corrected chi connectivity index (χ3v) is 2.64. The first kappa shape index (κ1) is 11.9. The van der Waals surface area contributed by atoms with E-state index in [1.807, 2.05) is 5.01 Å². The summed E-state index contributed by atoms with van der Waals surface area (Å²) < 4.78 is 0. The van der Waals surface area contributed by atoms with Crippen LogP contribution in [0.25, 0.3) is 0 Å². The molecule has 0 aromatic carbocycles. The average Bonchev–Trinajstić information content (AvgIpc) is 2.21. The highest BCUT2D eigenvalue weighted by atomic mass is 16.6. The van der Waals surface area contributed by atoms with Gasteiger partial charge in [-0.05, 0) is 25.8 Å². The molecule has 5 nitrogen and oxygen atoms in total. The molecule has 0 bridgehead atoms. The van der Waals surface area contributed by atoms with Crippen LogP contribution in [0, 0.1) is 0 Å². The average molecular weight is 202 g/mol. The fourth-order valence-corrected chi connectivity index (χ4v) is 1.68. The van der Waals surface area contributed by atoms with Gasteiger partial charge in [-0.3, -0.25) is 5.84 Å². The molecule has 0 aliphatic carbocycles. The summed E-state index contributed by atoms with van der Waals surface area (Å²) in [5.41, 5.74) is 0. The summed E-state index contributed by atoms with van der Waals surface area (Å²) in [5, 5.41) is 1.89. The summed E-state index contributed by atoms with van der Waals surface area (Å²) in [6, 6.07) is 0. The minimum Gasteiger partial charge on any atom is -0.305 e. The number of nitrogens with zero attached hydrogens (tertiary/aromatic N) is 2. The standard InChI is InChI=1S/C9H22N4O/c10-13-7-5-12(6-8-13)4-2-1-3-9-14-11/h1-11H2. The quantitative estimate of drug-likeness (QED) is 0.346. The van der Waals surface area contributed by atoms with Crippen LogP contribution in [0.15, 0.2) is 0 Å². The molecule has 0 amide bonds. The van der Waals surface area contributed by atoms with E-state index < -0.39 is 0 Å². The summed E-state index contributed by atoms with van der Waals surface area (Å²) >= 11 is 0. The fraction of sp³-hybridized carbons (Fsp3) is 1.00. The van der Waals surface area contributed by atoms with E-state index in [1.54, 1.807) is 0 Å². The maximum Gasteiger partial charge on any atom is 0.0679 e. The summed E-state index contributed by atoms with van der Waals surface area (Å²) in [6.07, 6.45) is 3.49. The lowest BCUT2D eigenvalue weighted by atomic mass is 10.2. The molecule has 1 heterocycles. The Bertz CT molecular complexity index is 137. The monoisotopic (exact) mass is 202 g/mol. The van der Waals surface area contributed by atoms with Crippen LogP contribution in [0.5, 0.6) is 0 Å². The zero-order valence-corrected chi connectivity index (χ0v) is 8.82. The van der Waals surface area contributed by atoms with E-state index in [9.17, 15) is 0 Å². The number of hydrazine groups is 1. The van der Waals surface area contributed by atoms with Crippen LogP contribution in [0.2, 0.25) is 0 Å². The first-order chi connectivity index (χ1) is 6.83. The lowest BCUT2D eigenvalue weighted by Crippen LogP contribution is -2.49. The van der Waals surface area contributed by atoms with E-state index in [0.717, 1.165) is 32.6 Å². The van der Waals surface area contributed by atoms with Crippen LogP contribution < -0.4 is 11.7 Å². The van der Waals surface area contributed by atoms with Crippen molar-refractivity contribution in [3.63, 3.8) is 0 Å². The predicted octanol–water partition coefficient (Wildman–Crippen LogP) is -0.462. The highest BCUT2D eigenvalue weighted by molar-refractivity contribution is 4.67. The van der Waals surface area contributed by atoms with Crippen LogP contribution in [0.1, 0.15) is 19.3 Å². The van der Waals surface area contributed by atoms with E-state index in [1.165, 1.54) is 19.4 Å². The van der Waals surface area contributed by atoms with Crippen LogP contribution in [0.3, 0.4) is 0 Å². The number of unbranched alkanes of at least 4 members (excludes halogenated alkanes) is 2. The van der Waals surface area contributed by atoms with Gasteiger partial charge in [-0.1, -0.05) is 0 Å². The lowest BCUT2D eigenvalue weighted by Gasteiger charge is -2.31. The Labute approximate surface area is 85.9 Å². The van der Waals surface area contributed by atoms with Crippen LogP contribution in [0.4, 0.5) is 0 Å². The Kier molecular flexibility index (Phi) is 6.05. The maximum atomic E-state index is 5.67. The molecular formula is C9H22N4O. The number of rotatable bonds is 6. The van der Waals surface area contributed by atoms with Crippen molar-refractivity contribution in [2.75, 3.05) is 39.3 Å². The van der Waals surface area contributed by atoms with Crippen LogP contribution in [-0.2, 0) is 4.84 Å². The molecule has 0 atom stereocenters. The Hall–Kier alpha value is -0.200. The van der Waals surface area contributed by atoms with E-state index in [4.69, 9.17) is 11.7 Å². The fourth-order valence-electron chi connectivity index (χ4n) is 1.68. The van der Waals surface area contributed by atoms with Gasteiger partial charge in [-0.2, -0.15) is 0 Å². The van der Waals surface area contributed by atoms with Gasteiger partial charge in [0.25, 0.3) is 0 Å². The molecule has 0 aromatic heterocycles. The number of hydrogen-bond donors (Lipinski definition) is 2. The first-order valence-electron chi connectivity index (χ1n) is 5.36. The molecule has 1 aliphatic heterocycles. The van der Waals surface area contributed by atoms with Gasteiger partial charge in [0.1, 0.15) is 0 Å². The molecule has 1 aliphatic rings. The molecule has 0 radical (unpaired) electrons. The Morgan fingerprint density at radius 1 is 1.00 bits per heavy atom. The second-order valence-electron chi connectivity index (χ2n) is 3.81. The van der Waals surface area contributed by atoms with Crippen LogP contribution in [-0.4, -0.2) is 49.2 Å². The van der Waals surface area contributed by atoms with Crippen molar-refractivity contribution in [2.24, 2.45) is 11.7 Å². The second kappa shape index (κ2) is 7.14. The van der Waals surface area contributed by atoms with Gasteiger partial charge in [-0.25, -0.2) is 10.9 Å². The van der Waals surface area contributed by atoms with Gasteiger partial charge >= 0.3 is 0 Å². The molecule has 1 fully saturated rings. The van der Waals surface area contributed by atoms with Crippen molar-refractivity contribution in [1.82, 2.24) is 9.91 Å². The normalized spacial score (nSPS) is 20.1. The van der Waals surface area contributed by atoms with Crippen molar-refractivity contribution in [1.29, 1.82) is 0 Å². The number of piperazine rings is 1. The van der Waals surface area contributed by atoms with Crippen molar-refractivity contribution < 1.29 is 4.84 Å².